The third kappa shape index (κ3) is 4.11. The van der Waals surface area contributed by atoms with Crippen molar-refractivity contribution in [3.8, 4) is 5.75 Å². The van der Waals surface area contributed by atoms with E-state index >= 15 is 0 Å². The Morgan fingerprint density at radius 3 is 2.69 bits per heavy atom. The number of rotatable bonds is 5. The van der Waals surface area contributed by atoms with Gasteiger partial charge in [-0.1, -0.05) is 35.3 Å². The number of benzene rings is 2. The van der Waals surface area contributed by atoms with E-state index < -0.39 is 6.10 Å². The Bertz CT molecular complexity index is 841. The van der Waals surface area contributed by atoms with E-state index in [2.05, 4.69) is 5.32 Å². The zero-order valence-corrected chi connectivity index (χ0v) is 15.7. The van der Waals surface area contributed by atoms with Gasteiger partial charge in [-0.05, 0) is 43.7 Å². The van der Waals surface area contributed by atoms with Gasteiger partial charge in [0.25, 0.3) is 5.91 Å². The molecule has 1 aliphatic rings. The van der Waals surface area contributed by atoms with Crippen LogP contribution in [0.4, 0.5) is 11.4 Å². The summed E-state index contributed by atoms with van der Waals surface area (Å²) in [6, 6.07) is 12.0. The number of hydrogen-bond acceptors (Lipinski definition) is 3. The molecule has 26 heavy (non-hydrogen) atoms. The number of para-hydroxylation sites is 2. The molecular weight excluding hydrogens is 375 g/mol. The highest BCUT2D eigenvalue weighted by Gasteiger charge is 2.25. The first-order valence-electron chi connectivity index (χ1n) is 8.27. The molecule has 1 aliphatic heterocycles. The lowest BCUT2D eigenvalue weighted by atomic mass is 10.2. The van der Waals surface area contributed by atoms with Crippen molar-refractivity contribution in [3.05, 3.63) is 52.5 Å². The molecule has 1 N–H and O–H groups in total. The van der Waals surface area contributed by atoms with Gasteiger partial charge in [-0.15, -0.1) is 0 Å². The van der Waals surface area contributed by atoms with Crippen molar-refractivity contribution in [2.24, 2.45) is 0 Å². The first-order chi connectivity index (χ1) is 12.5. The standard InChI is InChI=1S/C19H18Cl2N2O3/c1-12(26-17-9-8-13(20)11-14(17)21)19(25)22-15-5-2-3-6-16(15)23-10-4-7-18(23)24/h2-3,5-6,8-9,11-12H,4,7,10H2,1H3,(H,22,25)/t12-/m1/s1. The van der Waals surface area contributed by atoms with Crippen LogP contribution in [0.5, 0.6) is 5.75 Å². The average molecular weight is 393 g/mol. The maximum Gasteiger partial charge on any atom is 0.265 e. The lowest BCUT2D eigenvalue weighted by Crippen LogP contribution is -2.31. The van der Waals surface area contributed by atoms with E-state index in [0.29, 0.717) is 40.1 Å². The number of carbonyl (C=O) groups excluding carboxylic acids is 2. The van der Waals surface area contributed by atoms with E-state index in [1.54, 1.807) is 42.2 Å². The number of carbonyl (C=O) groups is 2. The van der Waals surface area contributed by atoms with Gasteiger partial charge in [0.1, 0.15) is 5.75 Å². The minimum absolute atomic E-state index is 0.0592. The molecule has 1 heterocycles. The summed E-state index contributed by atoms with van der Waals surface area (Å²) >= 11 is 11.9. The Morgan fingerprint density at radius 2 is 2.00 bits per heavy atom. The summed E-state index contributed by atoms with van der Waals surface area (Å²) in [4.78, 5) is 26.2. The lowest BCUT2D eigenvalue weighted by Gasteiger charge is -2.21. The predicted octanol–water partition coefficient (Wildman–Crippen LogP) is 4.53. The zero-order chi connectivity index (χ0) is 18.7. The van der Waals surface area contributed by atoms with Gasteiger partial charge >= 0.3 is 0 Å². The Labute approximate surface area is 161 Å². The molecule has 2 aromatic carbocycles. The van der Waals surface area contributed by atoms with Crippen molar-refractivity contribution in [1.82, 2.24) is 0 Å². The summed E-state index contributed by atoms with van der Waals surface area (Å²) in [5, 5.41) is 3.65. The maximum absolute atomic E-state index is 12.5. The second-order valence-electron chi connectivity index (χ2n) is 5.99. The monoisotopic (exact) mass is 392 g/mol. The van der Waals surface area contributed by atoms with Crippen LogP contribution >= 0.6 is 23.2 Å². The van der Waals surface area contributed by atoms with Crippen molar-refractivity contribution in [2.75, 3.05) is 16.8 Å². The number of ether oxygens (including phenoxy) is 1. The molecule has 0 unspecified atom stereocenters. The molecule has 1 fully saturated rings. The highest BCUT2D eigenvalue weighted by Crippen LogP contribution is 2.31. The Kier molecular flexibility index (Phi) is 5.69. The minimum Gasteiger partial charge on any atom is -0.479 e. The Morgan fingerprint density at radius 1 is 1.23 bits per heavy atom. The number of anilines is 2. The highest BCUT2D eigenvalue weighted by molar-refractivity contribution is 6.35. The van der Waals surface area contributed by atoms with Gasteiger partial charge in [-0.3, -0.25) is 9.59 Å². The molecule has 0 aliphatic carbocycles. The molecular formula is C19H18Cl2N2O3. The molecule has 2 amide bonds. The average Bonchev–Trinajstić information content (AvgIpc) is 3.03. The van der Waals surface area contributed by atoms with Crippen LogP contribution in [0, 0.1) is 0 Å². The number of halogens is 2. The van der Waals surface area contributed by atoms with Crippen LogP contribution in [0.1, 0.15) is 19.8 Å². The first-order valence-corrected chi connectivity index (χ1v) is 9.03. The Balaban J connectivity index is 1.72. The van der Waals surface area contributed by atoms with Crippen molar-refractivity contribution in [2.45, 2.75) is 25.9 Å². The third-order valence-electron chi connectivity index (χ3n) is 4.09. The van der Waals surface area contributed by atoms with Crippen molar-refractivity contribution >= 4 is 46.4 Å². The predicted molar refractivity (Wildman–Crippen MR) is 103 cm³/mol. The van der Waals surface area contributed by atoms with Crippen molar-refractivity contribution in [1.29, 1.82) is 0 Å². The fraction of sp³-hybridized carbons (Fsp3) is 0.263. The molecule has 7 heteroatoms. The molecule has 0 aromatic heterocycles. The third-order valence-corrected chi connectivity index (χ3v) is 4.62. The summed E-state index contributed by atoms with van der Waals surface area (Å²) < 4.78 is 5.64. The van der Waals surface area contributed by atoms with Crippen LogP contribution in [0.3, 0.4) is 0 Å². The van der Waals surface area contributed by atoms with Crippen LogP contribution in [0.2, 0.25) is 10.0 Å². The summed E-state index contributed by atoms with van der Waals surface area (Å²) in [7, 11) is 0. The largest absolute Gasteiger partial charge is 0.479 e. The van der Waals surface area contributed by atoms with Gasteiger partial charge in [-0.2, -0.15) is 0 Å². The van der Waals surface area contributed by atoms with Gasteiger partial charge in [0.05, 0.1) is 16.4 Å². The second kappa shape index (κ2) is 7.98. The summed E-state index contributed by atoms with van der Waals surface area (Å²) in [5.41, 5.74) is 1.27. The van der Waals surface area contributed by atoms with Gasteiger partial charge in [0.15, 0.2) is 6.10 Å². The van der Waals surface area contributed by atoms with Gasteiger partial charge in [-0.25, -0.2) is 0 Å². The molecule has 0 saturated carbocycles. The minimum atomic E-state index is -0.781. The highest BCUT2D eigenvalue weighted by atomic mass is 35.5. The normalized spacial score (nSPS) is 15.0. The fourth-order valence-corrected chi connectivity index (χ4v) is 3.22. The van der Waals surface area contributed by atoms with E-state index in [4.69, 9.17) is 27.9 Å². The van der Waals surface area contributed by atoms with Crippen LogP contribution in [0.15, 0.2) is 42.5 Å². The number of hydrogen-bond donors (Lipinski definition) is 1. The summed E-state index contributed by atoms with van der Waals surface area (Å²) in [6.07, 6.45) is 0.558. The van der Waals surface area contributed by atoms with Gasteiger partial charge < -0.3 is 15.0 Å². The summed E-state index contributed by atoms with van der Waals surface area (Å²) in [5.74, 6) is 0.0979. The SMILES string of the molecule is C[C@@H](Oc1ccc(Cl)cc1Cl)C(=O)Nc1ccccc1N1CCCC1=O. The van der Waals surface area contributed by atoms with Crippen LogP contribution in [-0.2, 0) is 9.59 Å². The van der Waals surface area contributed by atoms with E-state index in [9.17, 15) is 9.59 Å². The topological polar surface area (TPSA) is 58.6 Å². The van der Waals surface area contributed by atoms with E-state index in [-0.39, 0.29) is 11.8 Å². The zero-order valence-electron chi connectivity index (χ0n) is 14.2. The van der Waals surface area contributed by atoms with Crippen molar-refractivity contribution < 1.29 is 14.3 Å². The molecule has 2 aromatic rings. The molecule has 0 bridgehead atoms. The van der Waals surface area contributed by atoms with Gasteiger partial charge in [0.2, 0.25) is 5.91 Å². The molecule has 1 atom stereocenters. The van der Waals surface area contributed by atoms with Crippen LogP contribution in [0.25, 0.3) is 0 Å². The lowest BCUT2D eigenvalue weighted by molar-refractivity contribution is -0.122. The molecule has 136 valence electrons. The quantitative estimate of drug-likeness (QED) is 0.812. The van der Waals surface area contributed by atoms with Crippen LogP contribution in [-0.4, -0.2) is 24.5 Å². The van der Waals surface area contributed by atoms with Crippen LogP contribution < -0.4 is 15.0 Å². The molecule has 3 rings (SSSR count). The van der Waals surface area contributed by atoms with E-state index in [1.807, 2.05) is 12.1 Å². The smallest absolute Gasteiger partial charge is 0.265 e. The first kappa shape index (κ1) is 18.5. The molecule has 0 spiro atoms. The molecule has 1 saturated heterocycles. The second-order valence-corrected chi connectivity index (χ2v) is 6.83. The number of amides is 2. The molecule has 0 radical (unpaired) electrons. The fourth-order valence-electron chi connectivity index (χ4n) is 2.77. The maximum atomic E-state index is 12.5. The van der Waals surface area contributed by atoms with Gasteiger partial charge in [0, 0.05) is 18.0 Å². The summed E-state index contributed by atoms with van der Waals surface area (Å²) in [6.45, 7) is 2.28. The Hall–Kier alpha value is -2.24. The van der Waals surface area contributed by atoms with Crippen molar-refractivity contribution in [3.63, 3.8) is 0 Å². The number of nitrogens with zero attached hydrogens (tertiary/aromatic N) is 1. The van der Waals surface area contributed by atoms with E-state index in [0.717, 1.165) is 6.42 Å². The molecule has 5 nitrogen and oxygen atoms in total. The number of nitrogens with one attached hydrogen (secondary N) is 1. The van der Waals surface area contributed by atoms with E-state index in [1.165, 1.54) is 0 Å².